The molecule has 6 aromatic heterocycles. The van der Waals surface area contributed by atoms with Crippen molar-refractivity contribution < 1.29 is 13.2 Å². The summed E-state index contributed by atoms with van der Waals surface area (Å²) in [4.78, 5) is 69.8. The van der Waals surface area contributed by atoms with E-state index in [1.54, 1.807) is 6.07 Å². The van der Waals surface area contributed by atoms with E-state index in [0.717, 1.165) is 56.6 Å². The van der Waals surface area contributed by atoms with Crippen LogP contribution in [0.25, 0.3) is 212 Å². The van der Waals surface area contributed by atoms with Crippen LogP contribution in [0.1, 0.15) is 5.56 Å². The normalized spacial score (nSPS) is 11.5. The lowest BCUT2D eigenvalue weighted by Gasteiger charge is -2.20. The van der Waals surface area contributed by atoms with Gasteiger partial charge in [-0.3, -0.25) is 0 Å². The van der Waals surface area contributed by atoms with Gasteiger partial charge in [0.25, 0.3) is 0 Å². The number of benzene rings is 14. The van der Waals surface area contributed by atoms with Crippen molar-refractivity contribution in [2.24, 2.45) is 0 Å². The molecule has 0 N–H and O–H groups in total. The van der Waals surface area contributed by atoms with E-state index in [1.807, 2.05) is 331 Å². The molecule has 6 heterocycles. The molecular formula is C99H57F3N16. The number of hydrogen-bond donors (Lipinski definition) is 0. The number of rotatable bonds is 15. The molecule has 0 saturated carbocycles. The first kappa shape index (κ1) is 70.6. The van der Waals surface area contributed by atoms with Crippen LogP contribution >= 0.6 is 0 Å². The van der Waals surface area contributed by atoms with Crippen LogP contribution in [0.4, 0.5) is 24.5 Å². The summed E-state index contributed by atoms with van der Waals surface area (Å²) in [6.45, 7) is 18.3. The highest BCUT2D eigenvalue weighted by Crippen LogP contribution is 2.49. The van der Waals surface area contributed by atoms with Gasteiger partial charge in [0.1, 0.15) is 0 Å². The van der Waals surface area contributed by atoms with Gasteiger partial charge in [0.2, 0.25) is 5.69 Å². The van der Waals surface area contributed by atoms with Gasteiger partial charge in [-0.2, -0.15) is 13.2 Å². The average Bonchev–Trinajstić information content (AvgIpc) is 1.56. The Morgan fingerprint density at radius 3 is 0.669 bits per heavy atom. The van der Waals surface area contributed by atoms with E-state index in [9.17, 15) is 6.57 Å². The molecule has 0 aliphatic carbocycles. The second-order valence-corrected chi connectivity index (χ2v) is 28.1. The largest absolute Gasteiger partial charge is 0.415 e. The summed E-state index contributed by atoms with van der Waals surface area (Å²) in [5, 5.41) is 2.80. The molecule has 20 rings (SSSR count). The zero-order chi connectivity index (χ0) is 79.4. The van der Waals surface area contributed by atoms with E-state index in [1.165, 1.54) is 6.07 Å². The summed E-state index contributed by atoms with van der Waals surface area (Å²) < 4.78 is 49.5. The lowest BCUT2D eigenvalue weighted by molar-refractivity contribution is -0.137. The number of aromatic nitrogens is 14. The van der Waals surface area contributed by atoms with Gasteiger partial charge in [0.15, 0.2) is 75.6 Å². The predicted octanol–water partition coefficient (Wildman–Crippen LogP) is 24.4. The van der Waals surface area contributed by atoms with Crippen molar-refractivity contribution in [3.8, 4) is 159 Å². The highest BCUT2D eigenvalue weighted by Gasteiger charge is 2.33. The molecule has 0 saturated heterocycles. The maximum Gasteiger partial charge on any atom is 0.415 e. The fourth-order valence-electron chi connectivity index (χ4n) is 15.1. The molecule has 19 heteroatoms. The maximum absolute atomic E-state index is 15.2. The van der Waals surface area contributed by atoms with E-state index < -0.39 is 11.7 Å². The second-order valence-electron chi connectivity index (χ2n) is 28.1. The van der Waals surface area contributed by atoms with Gasteiger partial charge in [-0.15, -0.1) is 0 Å². The standard InChI is InChI=1S/C99H57F3N16/c1-103-79-57-72(99(100,101)102)47-48-73(79)78-58-86(118-83-51-45-70(97-113-91(64-35-19-7-20-36-64)107-92(114-97)65-37-21-8-22-38-65)55-76(83)77-56-71(46-52-84(77)118)98-115-93(66-39-23-9-24-40-66)108-94(116-98)67-41-25-10-26-42-67)80(104-2)59-85(78)117-81-49-43-68(95-109-87(60-27-11-3-12-28-60)105-88(110-95)61-29-13-4-14-30-61)53-74(81)75-54-69(44-50-82(75)117)96-111-89(62-31-15-5-16-32-62)106-90(112-96)63-33-17-6-18-34-63/h3-59H. The summed E-state index contributed by atoms with van der Waals surface area (Å²) >= 11 is 0. The zero-order valence-corrected chi connectivity index (χ0v) is 62.2. The first-order chi connectivity index (χ1) is 58.0. The van der Waals surface area contributed by atoms with E-state index in [4.69, 9.17) is 66.4 Å². The molecule has 0 aliphatic heterocycles. The molecule has 14 aromatic carbocycles. The van der Waals surface area contributed by atoms with Crippen molar-refractivity contribution in [1.82, 2.24) is 68.9 Å². The predicted molar refractivity (Wildman–Crippen MR) is 457 cm³/mol. The SMILES string of the molecule is [C-]#[N+]c1cc(C(F)(F)F)ccc1-c1cc(-n2c3ccc(-c4nc(-c5ccccc5)nc(-c5ccccc5)n4)cc3c3cc(-c4nc(-c5ccccc5)nc(-c5ccccc5)n4)ccc32)c([N+]#[C-])cc1-n1c2ccc(-c3nc(-c4ccccc4)nc(-c4ccccc4)n3)cc2c2cc(-c3nc(-c4ccccc4)nc(-c4ccccc4)n3)ccc21. The van der Waals surface area contributed by atoms with Crippen LogP contribution in [-0.4, -0.2) is 68.9 Å². The van der Waals surface area contributed by atoms with E-state index in [2.05, 4.69) is 9.69 Å². The smallest absolute Gasteiger partial charge is 0.319 e. The Bertz CT molecular complexity index is 6810. The third-order valence-electron chi connectivity index (χ3n) is 20.8. The molecule has 0 fully saturated rings. The Hall–Kier alpha value is -16.5. The Morgan fingerprint density at radius 2 is 0.441 bits per heavy atom. The van der Waals surface area contributed by atoms with E-state index in [0.29, 0.717) is 153 Å². The average molecular weight is 1530 g/mol. The topological polar surface area (TPSA) is 173 Å². The first-order valence-corrected chi connectivity index (χ1v) is 37.8. The number of halogens is 3. The molecule has 16 nitrogen and oxygen atoms in total. The van der Waals surface area contributed by atoms with Gasteiger partial charge in [-0.1, -0.05) is 255 Å². The molecule has 554 valence electrons. The quantitative estimate of drug-likeness (QED) is 0.0890. The third kappa shape index (κ3) is 13.2. The van der Waals surface area contributed by atoms with Crippen molar-refractivity contribution in [2.45, 2.75) is 6.18 Å². The van der Waals surface area contributed by atoms with Crippen LogP contribution in [0.2, 0.25) is 0 Å². The van der Waals surface area contributed by atoms with Crippen molar-refractivity contribution in [1.29, 1.82) is 0 Å². The van der Waals surface area contributed by atoms with E-state index in [-0.39, 0.29) is 16.9 Å². The Kier molecular flexibility index (Phi) is 17.7. The highest BCUT2D eigenvalue weighted by atomic mass is 19.4. The van der Waals surface area contributed by atoms with Gasteiger partial charge in [-0.05, 0) is 102 Å². The molecule has 0 bridgehead atoms. The van der Waals surface area contributed by atoms with Crippen molar-refractivity contribution in [3.05, 3.63) is 374 Å². The van der Waals surface area contributed by atoms with Crippen molar-refractivity contribution >= 4 is 55.0 Å². The minimum atomic E-state index is -4.81. The molecule has 0 unspecified atom stereocenters. The molecular weight excluding hydrogens is 1470 g/mol. The minimum absolute atomic E-state index is 0.152. The molecule has 118 heavy (non-hydrogen) atoms. The zero-order valence-electron chi connectivity index (χ0n) is 62.2. The van der Waals surface area contributed by atoms with Crippen molar-refractivity contribution in [2.75, 3.05) is 0 Å². The maximum atomic E-state index is 15.2. The monoisotopic (exact) mass is 1530 g/mol. The first-order valence-electron chi connectivity index (χ1n) is 37.8. The lowest BCUT2D eigenvalue weighted by atomic mass is 9.97. The molecule has 0 atom stereocenters. The summed E-state index contributed by atoms with van der Waals surface area (Å²) in [6.07, 6.45) is -4.81. The summed E-state index contributed by atoms with van der Waals surface area (Å²) in [5.41, 5.74) is 11.4. The van der Waals surface area contributed by atoms with Crippen LogP contribution in [-0.2, 0) is 6.18 Å². The van der Waals surface area contributed by atoms with Gasteiger partial charge in [-0.25, -0.2) is 69.5 Å². The van der Waals surface area contributed by atoms with Crippen LogP contribution in [0.3, 0.4) is 0 Å². The summed E-state index contributed by atoms with van der Waals surface area (Å²) in [7, 11) is 0. The van der Waals surface area contributed by atoms with Crippen LogP contribution < -0.4 is 0 Å². The highest BCUT2D eigenvalue weighted by molar-refractivity contribution is 6.14. The van der Waals surface area contributed by atoms with Gasteiger partial charge >= 0.3 is 6.18 Å². The molecule has 20 aromatic rings. The number of alkyl halides is 3. The van der Waals surface area contributed by atoms with Crippen LogP contribution in [0.15, 0.2) is 346 Å². The number of hydrogen-bond acceptors (Lipinski definition) is 12. The third-order valence-corrected chi connectivity index (χ3v) is 20.8. The van der Waals surface area contributed by atoms with Gasteiger partial charge in [0, 0.05) is 99.6 Å². The fraction of sp³-hybridized carbons (Fsp3) is 0.0101. The fourth-order valence-corrected chi connectivity index (χ4v) is 15.1. The van der Waals surface area contributed by atoms with Crippen LogP contribution in [0.5, 0.6) is 0 Å². The lowest BCUT2D eigenvalue weighted by Crippen LogP contribution is -2.05. The molecule has 0 spiro atoms. The molecule has 0 aliphatic rings. The summed E-state index contributed by atoms with van der Waals surface area (Å²) in [6, 6.07) is 108. The van der Waals surface area contributed by atoms with Crippen LogP contribution in [0, 0.1) is 13.1 Å². The van der Waals surface area contributed by atoms with Crippen molar-refractivity contribution in [3.63, 3.8) is 0 Å². The van der Waals surface area contributed by atoms with E-state index >= 15 is 13.2 Å². The minimum Gasteiger partial charge on any atom is -0.319 e. The Morgan fingerprint density at radius 1 is 0.212 bits per heavy atom. The van der Waals surface area contributed by atoms with Gasteiger partial charge < -0.3 is 9.13 Å². The van der Waals surface area contributed by atoms with Gasteiger partial charge in [0.05, 0.1) is 40.9 Å². The second kappa shape index (κ2) is 29.5. The molecule has 0 radical (unpaired) electrons. The Balaban J connectivity index is 0.853. The number of fused-ring (bicyclic) bond motifs is 6. The molecule has 0 amide bonds. The summed E-state index contributed by atoms with van der Waals surface area (Å²) in [5.74, 6) is 5.20. The Labute approximate surface area is 672 Å². The number of nitrogens with zero attached hydrogens (tertiary/aromatic N) is 16.